The molecule has 0 spiro atoms. The van der Waals surface area contributed by atoms with Crippen LogP contribution in [0.3, 0.4) is 0 Å². The van der Waals surface area contributed by atoms with Gasteiger partial charge in [-0.1, -0.05) is 0 Å². The predicted octanol–water partition coefficient (Wildman–Crippen LogP) is -0.416. The van der Waals surface area contributed by atoms with Crippen molar-refractivity contribution in [1.82, 2.24) is 10.6 Å². The van der Waals surface area contributed by atoms with Crippen molar-refractivity contribution in [2.45, 2.75) is 12.5 Å². The highest BCUT2D eigenvalue weighted by Crippen LogP contribution is 1.96. The molecule has 1 fully saturated rings. The lowest BCUT2D eigenvalue weighted by molar-refractivity contribution is 0.0744. The van der Waals surface area contributed by atoms with Gasteiger partial charge in [-0.2, -0.15) is 0 Å². The van der Waals surface area contributed by atoms with Crippen LogP contribution in [0.4, 0.5) is 0 Å². The summed E-state index contributed by atoms with van der Waals surface area (Å²) in [6.07, 6.45) is 1.16. The molecule has 60 valence electrons. The highest BCUT2D eigenvalue weighted by atomic mass is 16.5. The number of rotatable bonds is 3. The minimum atomic E-state index is 0.571. The molecule has 0 bridgehead atoms. The molecular weight excluding hydrogens is 128 g/mol. The second-order valence-electron chi connectivity index (χ2n) is 2.62. The molecule has 0 radical (unpaired) electrons. The topological polar surface area (TPSA) is 33.3 Å². The Kier molecular flexibility index (Phi) is 3.72. The summed E-state index contributed by atoms with van der Waals surface area (Å²) >= 11 is 0. The molecule has 1 heterocycles. The normalized spacial score (nSPS) is 26.7. The van der Waals surface area contributed by atoms with E-state index in [1.807, 2.05) is 7.05 Å². The number of nitrogens with one attached hydrogen (secondary N) is 2. The summed E-state index contributed by atoms with van der Waals surface area (Å²) in [5, 5.41) is 6.51. The molecule has 10 heavy (non-hydrogen) atoms. The summed E-state index contributed by atoms with van der Waals surface area (Å²) in [5.41, 5.74) is 0. The van der Waals surface area contributed by atoms with Gasteiger partial charge in [0, 0.05) is 12.6 Å². The van der Waals surface area contributed by atoms with Gasteiger partial charge in [0.2, 0.25) is 0 Å². The van der Waals surface area contributed by atoms with Crippen molar-refractivity contribution in [3.63, 3.8) is 0 Å². The Hall–Kier alpha value is -0.120. The van der Waals surface area contributed by atoms with Crippen molar-refractivity contribution in [3.05, 3.63) is 0 Å². The first-order valence-electron chi connectivity index (χ1n) is 3.89. The van der Waals surface area contributed by atoms with Crippen molar-refractivity contribution in [3.8, 4) is 0 Å². The maximum absolute atomic E-state index is 5.29. The van der Waals surface area contributed by atoms with Crippen molar-refractivity contribution in [2.24, 2.45) is 0 Å². The zero-order chi connectivity index (χ0) is 7.23. The second-order valence-corrected chi connectivity index (χ2v) is 2.62. The zero-order valence-corrected chi connectivity index (χ0v) is 6.52. The van der Waals surface area contributed by atoms with E-state index in [1.54, 1.807) is 0 Å². The van der Waals surface area contributed by atoms with Crippen LogP contribution in [-0.2, 0) is 4.74 Å². The highest BCUT2D eigenvalue weighted by Gasteiger charge is 2.10. The first kappa shape index (κ1) is 7.98. The maximum atomic E-state index is 5.29. The van der Waals surface area contributed by atoms with Gasteiger partial charge in [-0.25, -0.2) is 0 Å². The monoisotopic (exact) mass is 144 g/mol. The second kappa shape index (κ2) is 4.66. The zero-order valence-electron chi connectivity index (χ0n) is 6.52. The van der Waals surface area contributed by atoms with E-state index in [0.29, 0.717) is 6.04 Å². The average Bonchev–Trinajstić information content (AvgIpc) is 2.03. The van der Waals surface area contributed by atoms with Crippen LogP contribution in [0.1, 0.15) is 6.42 Å². The van der Waals surface area contributed by atoms with E-state index < -0.39 is 0 Å². The van der Waals surface area contributed by atoms with Gasteiger partial charge in [-0.3, -0.25) is 0 Å². The van der Waals surface area contributed by atoms with Crippen molar-refractivity contribution in [1.29, 1.82) is 0 Å². The van der Waals surface area contributed by atoms with E-state index in [2.05, 4.69) is 10.6 Å². The van der Waals surface area contributed by atoms with Crippen molar-refractivity contribution >= 4 is 0 Å². The number of hydrogen-bond acceptors (Lipinski definition) is 3. The first-order chi connectivity index (χ1) is 4.93. The first-order valence-corrected chi connectivity index (χ1v) is 3.89. The summed E-state index contributed by atoms with van der Waals surface area (Å²) in [6.45, 7) is 3.83. The fraction of sp³-hybridized carbons (Fsp3) is 1.00. The fourth-order valence-corrected chi connectivity index (χ4v) is 1.12. The Labute approximate surface area is 62.1 Å². The van der Waals surface area contributed by atoms with E-state index in [-0.39, 0.29) is 0 Å². The molecule has 1 aliphatic rings. The Morgan fingerprint density at radius 3 is 3.20 bits per heavy atom. The van der Waals surface area contributed by atoms with Crippen LogP contribution < -0.4 is 10.6 Å². The lowest BCUT2D eigenvalue weighted by Crippen LogP contribution is -2.42. The Balaban J connectivity index is 2.02. The molecule has 0 aromatic rings. The van der Waals surface area contributed by atoms with E-state index in [1.165, 1.54) is 0 Å². The molecule has 0 amide bonds. The smallest absolute Gasteiger partial charge is 0.0620 e. The summed E-state index contributed by atoms with van der Waals surface area (Å²) < 4.78 is 5.29. The quantitative estimate of drug-likeness (QED) is 0.564. The summed E-state index contributed by atoms with van der Waals surface area (Å²) in [6, 6.07) is 0.571. The molecule has 1 rings (SSSR count). The van der Waals surface area contributed by atoms with Crippen LogP contribution >= 0.6 is 0 Å². The van der Waals surface area contributed by atoms with Crippen LogP contribution in [-0.4, -0.2) is 39.4 Å². The van der Waals surface area contributed by atoms with Crippen LogP contribution in [0.5, 0.6) is 0 Å². The fourth-order valence-electron chi connectivity index (χ4n) is 1.12. The molecule has 0 aromatic heterocycles. The lowest BCUT2D eigenvalue weighted by Gasteiger charge is -2.23. The lowest BCUT2D eigenvalue weighted by atomic mass is 10.2. The van der Waals surface area contributed by atoms with Gasteiger partial charge in [-0.15, -0.1) is 0 Å². The summed E-state index contributed by atoms with van der Waals surface area (Å²) in [4.78, 5) is 0. The van der Waals surface area contributed by atoms with E-state index >= 15 is 0 Å². The Bertz CT molecular complexity index is 81.7. The van der Waals surface area contributed by atoms with Gasteiger partial charge in [0.25, 0.3) is 0 Å². The third kappa shape index (κ3) is 2.64. The van der Waals surface area contributed by atoms with Gasteiger partial charge < -0.3 is 15.4 Å². The Morgan fingerprint density at radius 1 is 1.70 bits per heavy atom. The number of ether oxygens (including phenoxy) is 1. The molecule has 0 saturated carbocycles. The van der Waals surface area contributed by atoms with Crippen LogP contribution in [0.15, 0.2) is 0 Å². The van der Waals surface area contributed by atoms with Gasteiger partial charge in [0.1, 0.15) is 0 Å². The molecule has 3 nitrogen and oxygen atoms in total. The standard InChI is InChI=1S/C7H16N2O/c1-8-3-2-7-6-10-5-4-9-7/h7-9H,2-6H2,1H3. The SMILES string of the molecule is CNCCC1COCCN1. The summed E-state index contributed by atoms with van der Waals surface area (Å²) in [7, 11) is 1.98. The predicted molar refractivity (Wildman–Crippen MR) is 41.2 cm³/mol. The van der Waals surface area contributed by atoms with Crippen LogP contribution in [0.2, 0.25) is 0 Å². The molecule has 0 aromatic carbocycles. The van der Waals surface area contributed by atoms with Crippen molar-refractivity contribution in [2.75, 3.05) is 33.4 Å². The van der Waals surface area contributed by atoms with Gasteiger partial charge >= 0.3 is 0 Å². The number of morpholine rings is 1. The van der Waals surface area contributed by atoms with E-state index in [0.717, 1.165) is 32.7 Å². The highest BCUT2D eigenvalue weighted by molar-refractivity contribution is 4.70. The molecule has 1 unspecified atom stereocenters. The van der Waals surface area contributed by atoms with Crippen molar-refractivity contribution < 1.29 is 4.74 Å². The minimum Gasteiger partial charge on any atom is -0.379 e. The minimum absolute atomic E-state index is 0.571. The van der Waals surface area contributed by atoms with Crippen LogP contribution in [0, 0.1) is 0 Å². The molecular formula is C7H16N2O. The molecule has 0 aliphatic carbocycles. The Morgan fingerprint density at radius 2 is 2.60 bits per heavy atom. The van der Waals surface area contributed by atoms with E-state index in [9.17, 15) is 0 Å². The van der Waals surface area contributed by atoms with Gasteiger partial charge in [0.05, 0.1) is 13.2 Å². The third-order valence-corrected chi connectivity index (χ3v) is 1.74. The molecule has 3 heteroatoms. The van der Waals surface area contributed by atoms with Gasteiger partial charge in [0.15, 0.2) is 0 Å². The van der Waals surface area contributed by atoms with E-state index in [4.69, 9.17) is 4.74 Å². The molecule has 1 atom stereocenters. The number of hydrogen-bond donors (Lipinski definition) is 2. The molecule has 1 aliphatic heterocycles. The molecule has 1 saturated heterocycles. The van der Waals surface area contributed by atoms with Gasteiger partial charge in [-0.05, 0) is 20.0 Å². The molecule has 2 N–H and O–H groups in total. The summed E-state index contributed by atoms with van der Waals surface area (Å²) in [5.74, 6) is 0. The maximum Gasteiger partial charge on any atom is 0.0620 e. The largest absolute Gasteiger partial charge is 0.379 e. The third-order valence-electron chi connectivity index (χ3n) is 1.74. The van der Waals surface area contributed by atoms with Crippen LogP contribution in [0.25, 0.3) is 0 Å². The average molecular weight is 144 g/mol.